The SMILES string of the molecule is C=CCOC12Oc3ccc(OC(=O)NCCCCCCCCCCCC)cc3C3C(CCCCO)C(CCCCO)C=C(C(=NOCc4ccccc4)CC1N(Cc1cccc4ccccc14)C(=O)Oc1ccc([N+](=O)[O-])cc1)C32. The standard InChI is InChI=1S/C65H80N4O11/c1-3-5-6-7-8-9-10-11-12-20-38-66-63(72)78-53-36-37-59-57(43-53)61-55(31-19-22-40-71)49(27-18-21-39-70)42-56-58(67-77-46-47-24-14-13-15-25-47)44-60(65(80-59,62(56)61)76-41-4-2)68(45-50-29-23-28-48-26-16-17-30-54(48)50)64(73)79-52-34-32-51(33-35-52)69(74)75/h4,13-17,23-26,28-30,32-37,42-43,49,55,60-62,70-71H,2-3,5-12,18-22,27,31,38-41,44-46H2,1H3,(H,66,72). The van der Waals surface area contributed by atoms with Crippen LogP contribution in [0.15, 0.2) is 145 Å². The van der Waals surface area contributed by atoms with E-state index in [9.17, 15) is 25.1 Å². The summed E-state index contributed by atoms with van der Waals surface area (Å²) in [6.07, 6.45) is 18.6. The molecule has 0 saturated heterocycles. The molecule has 1 heterocycles. The molecule has 6 atom stereocenters. The van der Waals surface area contributed by atoms with Gasteiger partial charge < -0.3 is 39.3 Å². The quantitative estimate of drug-likeness (QED) is 0.0166. The molecule has 0 spiro atoms. The van der Waals surface area contributed by atoms with Gasteiger partial charge in [-0.25, -0.2) is 9.59 Å². The zero-order chi connectivity index (χ0) is 56.1. The summed E-state index contributed by atoms with van der Waals surface area (Å²) in [5.41, 5.74) is 3.77. The number of allylic oxidation sites excluding steroid dienone is 1. The molecule has 15 nitrogen and oxygen atoms in total. The number of rotatable bonds is 31. The minimum atomic E-state index is -1.66. The first-order valence-corrected chi connectivity index (χ1v) is 29.1. The lowest BCUT2D eigenvalue weighted by molar-refractivity contribution is -0.384. The summed E-state index contributed by atoms with van der Waals surface area (Å²) in [6, 6.07) is 33.5. The number of nitro benzene ring substituents is 1. The molecule has 15 heteroatoms. The van der Waals surface area contributed by atoms with E-state index >= 15 is 4.79 Å². The van der Waals surface area contributed by atoms with Gasteiger partial charge >= 0.3 is 12.2 Å². The highest BCUT2D eigenvalue weighted by Gasteiger charge is 2.66. The number of non-ortho nitro benzene ring substituents is 1. The number of benzene rings is 5. The largest absolute Gasteiger partial charge is 0.459 e. The van der Waals surface area contributed by atoms with Gasteiger partial charge in [0, 0.05) is 49.8 Å². The van der Waals surface area contributed by atoms with Crippen molar-refractivity contribution in [2.24, 2.45) is 22.9 Å². The normalized spacial score (nSPS) is 20.4. The fourth-order valence-electron chi connectivity index (χ4n) is 12.1. The van der Waals surface area contributed by atoms with Crippen LogP contribution in [-0.2, 0) is 22.7 Å². The van der Waals surface area contributed by atoms with Gasteiger partial charge in [-0.3, -0.25) is 15.0 Å². The molecule has 3 aliphatic rings. The number of hydrogen-bond donors (Lipinski definition) is 3. The number of carbonyl (C=O) groups excluding carboxylic acids is 2. The Morgan fingerprint density at radius 3 is 2.23 bits per heavy atom. The second-order valence-electron chi connectivity index (χ2n) is 21.4. The zero-order valence-electron chi connectivity index (χ0n) is 46.4. The van der Waals surface area contributed by atoms with E-state index in [0.717, 1.165) is 65.1 Å². The van der Waals surface area contributed by atoms with Gasteiger partial charge in [-0.15, -0.1) is 6.58 Å². The lowest BCUT2D eigenvalue weighted by Crippen LogP contribution is -2.70. The molecule has 0 aromatic heterocycles. The summed E-state index contributed by atoms with van der Waals surface area (Å²) in [4.78, 5) is 48.2. The van der Waals surface area contributed by atoms with Crippen LogP contribution in [-0.4, -0.2) is 76.1 Å². The highest BCUT2D eigenvalue weighted by Crippen LogP contribution is 2.62. The van der Waals surface area contributed by atoms with E-state index in [-0.39, 0.29) is 62.7 Å². The Morgan fingerprint density at radius 2 is 1.50 bits per heavy atom. The average Bonchev–Trinajstić information content (AvgIpc) is 3.24. The van der Waals surface area contributed by atoms with Crippen molar-refractivity contribution in [1.29, 1.82) is 0 Å². The average molecular weight is 1090 g/mol. The van der Waals surface area contributed by atoms with Crippen LogP contribution in [0.1, 0.15) is 139 Å². The third kappa shape index (κ3) is 15.0. The molecule has 2 amide bonds. The predicted octanol–water partition coefficient (Wildman–Crippen LogP) is 14.3. The van der Waals surface area contributed by atoms with Gasteiger partial charge in [0.15, 0.2) is 0 Å². The maximum absolute atomic E-state index is 15.5. The molecule has 3 N–H and O–H groups in total. The minimum absolute atomic E-state index is 0.0204. The van der Waals surface area contributed by atoms with Crippen LogP contribution in [0.2, 0.25) is 0 Å². The van der Waals surface area contributed by atoms with Crippen LogP contribution in [0.5, 0.6) is 17.2 Å². The van der Waals surface area contributed by atoms with E-state index < -0.39 is 40.8 Å². The van der Waals surface area contributed by atoms with Gasteiger partial charge in [-0.2, -0.15) is 0 Å². The Morgan fingerprint density at radius 1 is 0.812 bits per heavy atom. The van der Waals surface area contributed by atoms with Crippen molar-refractivity contribution in [3.8, 4) is 17.2 Å². The third-order valence-electron chi connectivity index (χ3n) is 16.0. The zero-order valence-corrected chi connectivity index (χ0v) is 46.4. The molecule has 8 rings (SSSR count). The van der Waals surface area contributed by atoms with E-state index in [1.807, 2.05) is 84.9 Å². The van der Waals surface area contributed by atoms with Crippen LogP contribution in [0.4, 0.5) is 15.3 Å². The highest BCUT2D eigenvalue weighted by atomic mass is 16.7. The van der Waals surface area contributed by atoms with Crippen molar-refractivity contribution in [3.63, 3.8) is 0 Å². The first-order valence-electron chi connectivity index (χ1n) is 29.1. The van der Waals surface area contributed by atoms with Crippen molar-refractivity contribution < 1.29 is 48.5 Å². The molecule has 5 aromatic carbocycles. The summed E-state index contributed by atoms with van der Waals surface area (Å²) in [6.45, 7) is 7.09. The van der Waals surface area contributed by atoms with E-state index in [1.54, 1.807) is 17.0 Å². The van der Waals surface area contributed by atoms with Gasteiger partial charge in [-0.05, 0) is 102 Å². The number of nitrogens with one attached hydrogen (secondary N) is 1. The van der Waals surface area contributed by atoms with Gasteiger partial charge in [0.05, 0.1) is 29.7 Å². The maximum atomic E-state index is 15.5. The molecule has 5 aromatic rings. The van der Waals surface area contributed by atoms with Crippen molar-refractivity contribution >= 4 is 34.4 Å². The van der Waals surface area contributed by atoms with Crippen molar-refractivity contribution in [3.05, 3.63) is 166 Å². The van der Waals surface area contributed by atoms with E-state index in [2.05, 4.69) is 24.9 Å². The van der Waals surface area contributed by atoms with Gasteiger partial charge in [0.2, 0.25) is 5.79 Å². The monoisotopic (exact) mass is 1090 g/mol. The predicted molar refractivity (Wildman–Crippen MR) is 311 cm³/mol. The Balaban J connectivity index is 1.23. The molecule has 1 aliphatic heterocycles. The van der Waals surface area contributed by atoms with E-state index in [1.165, 1.54) is 69.2 Å². The number of unbranched alkanes of at least 4 members (excludes halogenated alkanes) is 11. The highest BCUT2D eigenvalue weighted by molar-refractivity contribution is 6.03. The molecule has 1 saturated carbocycles. The van der Waals surface area contributed by atoms with Crippen molar-refractivity contribution in [2.75, 3.05) is 26.4 Å². The number of aliphatic hydroxyl groups is 2. The molecular weight excluding hydrogens is 1010 g/mol. The van der Waals surface area contributed by atoms with Gasteiger partial charge in [-0.1, -0.05) is 168 Å². The number of ether oxygens (including phenoxy) is 4. The fraction of sp³-hybridized carbons (Fsp3) is 0.462. The number of nitro groups is 1. The Labute approximate surface area is 471 Å². The minimum Gasteiger partial charge on any atom is -0.459 e. The van der Waals surface area contributed by atoms with Crippen molar-refractivity contribution in [1.82, 2.24) is 10.2 Å². The van der Waals surface area contributed by atoms with Gasteiger partial charge in [0.25, 0.3) is 5.69 Å². The number of hydrogen-bond acceptors (Lipinski definition) is 12. The first kappa shape index (κ1) is 59.1. The number of oxime groups is 1. The third-order valence-corrected chi connectivity index (χ3v) is 16.0. The van der Waals surface area contributed by atoms with Gasteiger partial charge in [0.1, 0.15) is 29.9 Å². The molecule has 0 bridgehead atoms. The summed E-state index contributed by atoms with van der Waals surface area (Å²) >= 11 is 0. The number of carbonyl (C=O) groups is 2. The molecule has 6 unspecified atom stereocenters. The summed E-state index contributed by atoms with van der Waals surface area (Å²) in [5.74, 6) is -1.98. The molecular formula is C65H80N4O11. The summed E-state index contributed by atoms with van der Waals surface area (Å²) < 4.78 is 27.1. The number of amides is 2. The fourth-order valence-corrected chi connectivity index (χ4v) is 12.1. The van der Waals surface area contributed by atoms with Crippen molar-refractivity contribution in [2.45, 2.75) is 147 Å². The Bertz CT molecular complexity index is 2870. The number of nitrogens with zero attached hydrogens (tertiary/aromatic N) is 3. The summed E-state index contributed by atoms with van der Waals surface area (Å²) in [5, 5.41) is 41.8. The Kier molecular flexibility index (Phi) is 22.1. The number of aliphatic hydroxyl groups excluding tert-OH is 2. The van der Waals surface area contributed by atoms with Crippen LogP contribution in [0, 0.1) is 27.9 Å². The lowest BCUT2D eigenvalue weighted by Gasteiger charge is -2.59. The molecule has 2 aliphatic carbocycles. The topological polar surface area (TPSA) is 192 Å². The molecule has 80 heavy (non-hydrogen) atoms. The van der Waals surface area contributed by atoms with E-state index in [4.69, 9.17) is 28.9 Å². The smallest absolute Gasteiger partial charge is 0.416 e. The van der Waals surface area contributed by atoms with Crippen LogP contribution in [0.3, 0.4) is 0 Å². The molecule has 0 radical (unpaired) electrons. The van der Waals surface area contributed by atoms with Crippen LogP contribution < -0.4 is 19.5 Å². The second kappa shape index (κ2) is 29.9. The number of fused-ring (bicyclic) bond motifs is 3. The summed E-state index contributed by atoms with van der Waals surface area (Å²) in [7, 11) is 0. The second-order valence-corrected chi connectivity index (χ2v) is 21.4. The lowest BCUT2D eigenvalue weighted by atomic mass is 9.55. The van der Waals surface area contributed by atoms with E-state index in [0.29, 0.717) is 49.4 Å². The molecule has 426 valence electrons. The Hall–Kier alpha value is -7.07. The van der Waals surface area contributed by atoms with Crippen LogP contribution in [0.25, 0.3) is 10.8 Å². The first-order chi connectivity index (χ1) is 39.2. The maximum Gasteiger partial charge on any atom is 0.416 e. The molecule has 1 fully saturated rings. The van der Waals surface area contributed by atoms with Crippen LogP contribution >= 0.6 is 0 Å².